The fraction of sp³-hybridized carbons (Fsp3) is 0.346. The van der Waals surface area contributed by atoms with E-state index in [1.165, 1.54) is 30.3 Å². The van der Waals surface area contributed by atoms with Crippen LogP contribution in [0.5, 0.6) is 5.75 Å². The molecule has 3 aromatic rings. The summed E-state index contributed by atoms with van der Waals surface area (Å²) in [6, 6.07) is 10.4. The normalized spacial score (nSPS) is 17.9. The van der Waals surface area contributed by atoms with Crippen molar-refractivity contribution in [2.75, 3.05) is 12.4 Å². The van der Waals surface area contributed by atoms with E-state index >= 15 is 0 Å². The molecule has 1 aliphatic heterocycles. The Morgan fingerprint density at radius 3 is 2.44 bits per heavy atom. The van der Waals surface area contributed by atoms with Gasteiger partial charge in [0.25, 0.3) is 11.6 Å². The van der Waals surface area contributed by atoms with Crippen LogP contribution in [-0.4, -0.2) is 52.3 Å². The Morgan fingerprint density at radius 1 is 1.15 bits per heavy atom. The van der Waals surface area contributed by atoms with Gasteiger partial charge < -0.3 is 34.2 Å². The molecule has 1 fully saturated rings. The highest BCUT2D eigenvalue weighted by atomic mass is 16.7. The third-order valence-corrected chi connectivity index (χ3v) is 6.11. The number of carboxylic acid groups (broad SMARTS) is 2. The lowest BCUT2D eigenvalue weighted by Crippen LogP contribution is -2.49. The Hall–Kier alpha value is -4.49. The molecule has 0 spiro atoms. The number of nitro groups is 1. The van der Waals surface area contributed by atoms with Crippen LogP contribution < -0.4 is 15.7 Å². The molecule has 2 atom stereocenters. The van der Waals surface area contributed by atoms with E-state index in [-0.39, 0.29) is 23.0 Å². The van der Waals surface area contributed by atoms with Crippen LogP contribution in [0.2, 0.25) is 0 Å². The number of amides is 1. The van der Waals surface area contributed by atoms with Gasteiger partial charge in [0.05, 0.1) is 16.6 Å². The number of aryl methyl sites for hydroxylation is 1. The van der Waals surface area contributed by atoms with E-state index in [4.69, 9.17) is 33.6 Å². The van der Waals surface area contributed by atoms with E-state index in [1.807, 2.05) is 13.8 Å². The van der Waals surface area contributed by atoms with Gasteiger partial charge in [0, 0.05) is 30.5 Å². The fourth-order valence-corrected chi connectivity index (χ4v) is 4.27. The first-order valence-electron chi connectivity index (χ1n) is 11.8. The van der Waals surface area contributed by atoms with Gasteiger partial charge in [-0.3, -0.25) is 14.9 Å². The van der Waals surface area contributed by atoms with E-state index in [0.717, 1.165) is 6.42 Å². The van der Waals surface area contributed by atoms with Gasteiger partial charge in [-0.2, -0.15) is 0 Å². The number of anilines is 1. The predicted molar refractivity (Wildman–Crippen MR) is 139 cm³/mol. The number of hydrogen-bond donors (Lipinski definition) is 3. The van der Waals surface area contributed by atoms with Crippen molar-refractivity contribution >= 4 is 34.4 Å². The number of nitro benzene ring substituents is 1. The summed E-state index contributed by atoms with van der Waals surface area (Å²) in [5.41, 5.74) is -1.05. The Bertz CT molecular complexity index is 1440. The van der Waals surface area contributed by atoms with Crippen LogP contribution in [0.25, 0.3) is 11.0 Å². The lowest BCUT2D eigenvalue weighted by molar-refractivity contribution is -0.385. The minimum atomic E-state index is -1.83. The first-order chi connectivity index (χ1) is 18.3. The summed E-state index contributed by atoms with van der Waals surface area (Å²) in [5.74, 6) is -0.277. The highest BCUT2D eigenvalue weighted by Crippen LogP contribution is 2.34. The molecule has 0 aliphatic carbocycles. The summed E-state index contributed by atoms with van der Waals surface area (Å²) in [4.78, 5) is 44.4. The molecule has 208 valence electrons. The summed E-state index contributed by atoms with van der Waals surface area (Å²) in [5, 5.41) is 28.1. The zero-order chi connectivity index (χ0) is 28.9. The first-order valence-corrected chi connectivity index (χ1v) is 11.8. The Labute approximate surface area is 222 Å². The maximum atomic E-state index is 12.6. The molecular formula is C26H28N2O11. The summed E-state index contributed by atoms with van der Waals surface area (Å²) >= 11 is 0. The number of para-hydroxylation sites is 1. The van der Waals surface area contributed by atoms with Crippen molar-refractivity contribution in [2.24, 2.45) is 0 Å². The number of nitrogens with zero attached hydrogens (tertiary/aromatic N) is 1. The molecule has 2 aromatic carbocycles. The van der Waals surface area contributed by atoms with Gasteiger partial charge in [0.15, 0.2) is 0 Å². The largest absolute Gasteiger partial charge is 0.503 e. The van der Waals surface area contributed by atoms with E-state index in [2.05, 4.69) is 5.32 Å². The maximum Gasteiger partial charge on any atom is 0.503 e. The van der Waals surface area contributed by atoms with Gasteiger partial charge in [-0.25, -0.2) is 9.59 Å². The van der Waals surface area contributed by atoms with Crippen LogP contribution in [0, 0.1) is 17.0 Å². The van der Waals surface area contributed by atoms with Crippen molar-refractivity contribution in [3.05, 3.63) is 74.1 Å². The number of fused-ring (bicyclic) bond motifs is 1. The van der Waals surface area contributed by atoms with Crippen LogP contribution in [0.15, 0.2) is 51.7 Å². The van der Waals surface area contributed by atoms with Gasteiger partial charge in [0.1, 0.15) is 22.6 Å². The fourth-order valence-electron chi connectivity index (χ4n) is 4.27. The van der Waals surface area contributed by atoms with Crippen molar-refractivity contribution in [3.8, 4) is 5.75 Å². The highest BCUT2D eigenvalue weighted by Gasteiger charge is 2.39. The molecule has 39 heavy (non-hydrogen) atoms. The highest BCUT2D eigenvalue weighted by molar-refractivity contribution is 6.07. The van der Waals surface area contributed by atoms with Crippen molar-refractivity contribution in [1.82, 2.24) is 0 Å². The first kappa shape index (κ1) is 29.1. The minimum Gasteiger partial charge on any atom is -0.465 e. The second-order valence-corrected chi connectivity index (χ2v) is 9.14. The van der Waals surface area contributed by atoms with E-state index < -0.39 is 34.5 Å². The second kappa shape index (κ2) is 11.9. The van der Waals surface area contributed by atoms with Crippen molar-refractivity contribution in [1.29, 1.82) is 0 Å². The molecule has 1 aliphatic rings. The topological polar surface area (TPSA) is 188 Å². The zero-order valence-corrected chi connectivity index (χ0v) is 21.6. The quantitative estimate of drug-likeness (QED) is 0.220. The molecule has 1 saturated heterocycles. The maximum absolute atomic E-state index is 12.6. The van der Waals surface area contributed by atoms with Crippen LogP contribution in [0.3, 0.4) is 0 Å². The Kier molecular flexibility index (Phi) is 8.89. The lowest BCUT2D eigenvalue weighted by atomic mass is 9.94. The number of methoxy groups -OCH3 is 1. The van der Waals surface area contributed by atoms with Crippen molar-refractivity contribution in [2.45, 2.75) is 51.6 Å². The van der Waals surface area contributed by atoms with Crippen LogP contribution in [-0.2, 0) is 9.47 Å². The summed E-state index contributed by atoms with van der Waals surface area (Å²) < 4.78 is 23.1. The zero-order valence-electron chi connectivity index (χ0n) is 21.6. The lowest BCUT2D eigenvalue weighted by Gasteiger charge is -2.41. The van der Waals surface area contributed by atoms with Gasteiger partial charge in [0.2, 0.25) is 6.29 Å². The summed E-state index contributed by atoms with van der Waals surface area (Å²) in [6.07, 6.45) is -0.943. The van der Waals surface area contributed by atoms with Crippen molar-refractivity contribution < 1.29 is 43.4 Å². The number of benzene rings is 2. The number of ether oxygens (including phenoxy) is 3. The molecule has 4 rings (SSSR count). The number of carbonyl (C=O) groups excluding carboxylic acids is 1. The van der Waals surface area contributed by atoms with Crippen LogP contribution >= 0.6 is 0 Å². The Morgan fingerprint density at radius 2 is 1.82 bits per heavy atom. The molecule has 2 heterocycles. The number of carbonyl (C=O) groups is 2. The Balaban J connectivity index is 0.000000983. The smallest absolute Gasteiger partial charge is 0.465 e. The molecule has 0 radical (unpaired) electrons. The minimum absolute atomic E-state index is 0.0379. The number of nitrogens with one attached hydrogen (secondary N) is 1. The second-order valence-electron chi connectivity index (χ2n) is 9.14. The van der Waals surface area contributed by atoms with E-state index in [9.17, 15) is 19.7 Å². The van der Waals surface area contributed by atoms with Gasteiger partial charge in [-0.1, -0.05) is 12.1 Å². The predicted octanol–water partition coefficient (Wildman–Crippen LogP) is 4.79. The molecule has 13 heteroatoms. The SMILES string of the molecule is COC1CCC(Oc2ccc3cc(NC(=O)c4ccccc4[N+](=O)[O-])c(=O)oc3c2C)OC1(C)C.O=C(O)O. The molecule has 13 nitrogen and oxygen atoms in total. The molecule has 3 N–H and O–H groups in total. The molecule has 1 amide bonds. The monoisotopic (exact) mass is 544 g/mol. The van der Waals surface area contributed by atoms with Gasteiger partial charge in [-0.15, -0.1) is 0 Å². The molecule has 2 unspecified atom stereocenters. The van der Waals surface area contributed by atoms with Crippen LogP contribution in [0.1, 0.15) is 42.6 Å². The summed E-state index contributed by atoms with van der Waals surface area (Å²) in [6.45, 7) is 5.66. The van der Waals surface area contributed by atoms with Gasteiger partial charge >= 0.3 is 11.8 Å². The number of rotatable bonds is 6. The molecule has 1 aromatic heterocycles. The molecular weight excluding hydrogens is 516 g/mol. The average molecular weight is 545 g/mol. The third kappa shape index (κ3) is 6.89. The van der Waals surface area contributed by atoms with Gasteiger partial charge in [-0.05, 0) is 51.5 Å². The van der Waals surface area contributed by atoms with E-state index in [1.54, 1.807) is 26.2 Å². The average Bonchev–Trinajstić information content (AvgIpc) is 2.86. The molecule has 0 bridgehead atoms. The molecule has 0 saturated carbocycles. The third-order valence-electron chi connectivity index (χ3n) is 6.11. The number of hydrogen-bond acceptors (Lipinski definition) is 9. The van der Waals surface area contributed by atoms with Crippen molar-refractivity contribution in [3.63, 3.8) is 0 Å². The van der Waals surface area contributed by atoms with E-state index in [0.29, 0.717) is 28.7 Å². The standard InChI is InChI=1S/C25H26N2O8.CH2O3/c1-14-19(33-21-12-11-20(32-4)25(2,3)35-21)10-9-15-13-17(24(29)34-22(14)15)26-23(28)16-7-5-6-8-18(16)27(30)31;2-1(3)4/h5-10,13,20-21H,11-12H2,1-4H3,(H,26,28);(H2,2,3,4). The summed E-state index contributed by atoms with van der Waals surface area (Å²) in [7, 11) is 1.66. The van der Waals surface area contributed by atoms with Crippen LogP contribution in [0.4, 0.5) is 16.2 Å².